The van der Waals surface area contributed by atoms with E-state index in [0.29, 0.717) is 66.6 Å². The molecule has 7 aromatic rings. The molecule has 2 aliphatic heterocycles. The fourth-order valence-electron chi connectivity index (χ4n) is 10.3. The molecular weight excluding hydrogens is 1110 g/mol. The van der Waals surface area contributed by atoms with Crippen LogP contribution in [-0.2, 0) is 38.5 Å². The molecule has 16 nitrogen and oxygen atoms in total. The van der Waals surface area contributed by atoms with Crippen molar-refractivity contribution in [1.82, 2.24) is 30.5 Å². The van der Waals surface area contributed by atoms with Gasteiger partial charge in [-0.3, -0.25) is 24.5 Å². The van der Waals surface area contributed by atoms with E-state index >= 15 is 4.39 Å². The predicted octanol–water partition coefficient (Wildman–Crippen LogP) is 11.0. The maximum absolute atomic E-state index is 15.2. The van der Waals surface area contributed by atoms with Crippen molar-refractivity contribution < 1.29 is 42.9 Å². The number of esters is 1. The molecule has 0 radical (unpaired) electrons. The zero-order valence-corrected chi connectivity index (χ0v) is 50.0. The third-order valence-corrected chi connectivity index (χ3v) is 18.0. The summed E-state index contributed by atoms with van der Waals surface area (Å²) >= 11 is 4.39. The summed E-state index contributed by atoms with van der Waals surface area (Å²) < 4.78 is 27.2. The second-order valence-electron chi connectivity index (χ2n) is 22.0. The zero-order valence-electron chi connectivity index (χ0n) is 47.5. The number of unbranched alkanes of at least 4 members (excludes halogenated alkanes) is 4. The summed E-state index contributed by atoms with van der Waals surface area (Å²) in [6, 6.07) is 23.9. The molecule has 3 aromatic heterocycles. The highest BCUT2D eigenvalue weighted by atomic mass is 32.1. The standard InChI is InChI=1S/C63H69FN8O8S3/c1-38(41-25-27-43(28-26-41)55-39(2)65-37-81-55)66-58(76)49-34-44(73)35-72(49)59(77)56(63(3,4)5)68-53(74)23-12-10-8-7-9-11-17-40-24-29-50(47(64)33-40)80-32-16-22-52-54(60(78)79-6)69-62(83-52)71-31-30-42-18-15-19-45(46(42)36-71)57(75)70-61-67-48-20-13-14-21-51(48)82-61/h13-15,18-21,24-29,33,37-38,44,49,56,73H,7-10,12,16,22-23,30-32,34-36H2,1-6H3,(H,66,76)(H,68,74)(H,67,70,75)/t38-,44+,49-,56+/m0/s1. The molecule has 1 fully saturated rings. The summed E-state index contributed by atoms with van der Waals surface area (Å²) in [4.78, 5) is 86.6. The lowest BCUT2D eigenvalue weighted by atomic mass is 9.85. The number of anilines is 2. The number of aliphatic hydroxyl groups excluding tert-OH is 1. The van der Waals surface area contributed by atoms with E-state index in [0.717, 1.165) is 67.2 Å². The summed E-state index contributed by atoms with van der Waals surface area (Å²) in [5.74, 6) is 3.90. The molecule has 0 unspecified atom stereocenters. The number of hydrogen-bond acceptors (Lipinski definition) is 15. The largest absolute Gasteiger partial charge is 0.491 e. The number of amides is 4. The molecule has 4 aromatic carbocycles. The Balaban J connectivity index is 0.690. The Bertz CT molecular complexity index is 3510. The smallest absolute Gasteiger partial charge is 0.357 e. The molecule has 83 heavy (non-hydrogen) atoms. The second kappa shape index (κ2) is 27.2. The Hall–Kier alpha value is -7.57. The number of rotatable bonds is 21. The van der Waals surface area contributed by atoms with Gasteiger partial charge in [0.05, 0.1) is 52.2 Å². The van der Waals surface area contributed by atoms with Crippen LogP contribution in [0.15, 0.2) is 90.4 Å². The summed E-state index contributed by atoms with van der Waals surface area (Å²) in [7, 11) is 1.32. The Labute approximate surface area is 495 Å². The molecule has 5 heterocycles. The number of halogens is 1. The molecule has 4 N–H and O–H groups in total. The monoisotopic (exact) mass is 1180 g/mol. The highest BCUT2D eigenvalue weighted by molar-refractivity contribution is 7.22. The molecule has 9 rings (SSSR count). The first-order chi connectivity index (χ1) is 39.9. The number of methoxy groups -OCH3 is 1. The third kappa shape index (κ3) is 15.0. The van der Waals surface area contributed by atoms with Gasteiger partial charge in [0.25, 0.3) is 5.91 Å². The van der Waals surface area contributed by atoms with E-state index in [1.807, 2.05) is 107 Å². The van der Waals surface area contributed by atoms with Gasteiger partial charge in [-0.25, -0.2) is 24.1 Å². The molecule has 0 aliphatic carbocycles. The van der Waals surface area contributed by atoms with E-state index in [-0.39, 0.29) is 61.2 Å². The highest BCUT2D eigenvalue weighted by Gasteiger charge is 2.45. The Morgan fingerprint density at radius 1 is 0.928 bits per heavy atom. The van der Waals surface area contributed by atoms with Crippen molar-refractivity contribution in [3.05, 3.63) is 140 Å². The van der Waals surface area contributed by atoms with Crippen molar-refractivity contribution in [3.63, 3.8) is 0 Å². The number of aliphatic hydroxyl groups is 1. The number of ether oxygens (including phenoxy) is 2. The molecule has 0 spiro atoms. The van der Waals surface area contributed by atoms with Gasteiger partial charge in [-0.15, -0.1) is 22.7 Å². The fraction of sp³-hybridized carbons (Fsp3) is 0.397. The van der Waals surface area contributed by atoms with Gasteiger partial charge in [-0.1, -0.05) is 105 Å². The van der Waals surface area contributed by atoms with E-state index in [1.54, 1.807) is 23.5 Å². The van der Waals surface area contributed by atoms with Crippen molar-refractivity contribution in [2.45, 2.75) is 130 Å². The van der Waals surface area contributed by atoms with Gasteiger partial charge >= 0.3 is 5.97 Å². The average Bonchev–Trinajstić information content (AvgIpc) is 4.51. The third-order valence-electron chi connectivity index (χ3n) is 14.9. The van der Waals surface area contributed by atoms with Crippen molar-refractivity contribution in [2.75, 3.05) is 37.0 Å². The zero-order chi connectivity index (χ0) is 58.8. The van der Waals surface area contributed by atoms with Gasteiger partial charge < -0.3 is 35.0 Å². The van der Waals surface area contributed by atoms with Crippen molar-refractivity contribution in [2.24, 2.45) is 5.41 Å². The number of nitrogens with one attached hydrogen (secondary N) is 3. The number of benzene rings is 4. The first-order valence-electron chi connectivity index (χ1n) is 28.0. The van der Waals surface area contributed by atoms with Crippen molar-refractivity contribution in [1.29, 1.82) is 0 Å². The van der Waals surface area contributed by atoms with Crippen LogP contribution < -0.4 is 25.6 Å². The van der Waals surface area contributed by atoms with E-state index in [4.69, 9.17) is 14.5 Å². The number of nitrogens with zero attached hydrogens (tertiary/aromatic N) is 5. The van der Waals surface area contributed by atoms with Crippen LogP contribution in [0.1, 0.15) is 139 Å². The van der Waals surface area contributed by atoms with Crippen LogP contribution >= 0.6 is 34.0 Å². The number of fused-ring (bicyclic) bond motifs is 2. The average molecular weight is 1180 g/mol. The molecule has 2 aliphatic rings. The van der Waals surface area contributed by atoms with Crippen molar-refractivity contribution >= 4 is 84.1 Å². The Kier molecular flexibility index (Phi) is 19.7. The highest BCUT2D eigenvalue weighted by Crippen LogP contribution is 2.35. The maximum Gasteiger partial charge on any atom is 0.357 e. The summed E-state index contributed by atoms with van der Waals surface area (Å²) in [6.45, 7) is 10.7. The first kappa shape index (κ1) is 60.0. The summed E-state index contributed by atoms with van der Waals surface area (Å²) in [5, 5.41) is 20.8. The lowest BCUT2D eigenvalue weighted by molar-refractivity contribution is -0.144. The lowest BCUT2D eigenvalue weighted by Crippen LogP contribution is -2.57. The molecule has 4 atom stereocenters. The quantitative estimate of drug-likeness (QED) is 0.0301. The molecule has 0 bridgehead atoms. The first-order valence-corrected chi connectivity index (χ1v) is 30.6. The number of hydrogen-bond donors (Lipinski definition) is 4. The van der Waals surface area contributed by atoms with Crippen LogP contribution in [0, 0.1) is 30.0 Å². The topological polar surface area (TPSA) is 205 Å². The van der Waals surface area contributed by atoms with Crippen LogP contribution in [0.25, 0.3) is 20.7 Å². The predicted molar refractivity (Wildman–Crippen MR) is 323 cm³/mol. The molecular formula is C63H69FN8O8S3. The van der Waals surface area contributed by atoms with Gasteiger partial charge in [-0.05, 0) is 110 Å². The van der Waals surface area contributed by atoms with Gasteiger partial charge in [0.15, 0.2) is 27.5 Å². The van der Waals surface area contributed by atoms with Gasteiger partial charge in [-0.2, -0.15) is 0 Å². The van der Waals surface area contributed by atoms with Crippen LogP contribution in [0.2, 0.25) is 0 Å². The van der Waals surface area contributed by atoms with Crippen LogP contribution in [0.3, 0.4) is 0 Å². The van der Waals surface area contributed by atoms with E-state index in [2.05, 4.69) is 42.7 Å². The number of thiazole rings is 3. The molecule has 20 heteroatoms. The Morgan fingerprint density at radius 2 is 1.72 bits per heavy atom. The summed E-state index contributed by atoms with van der Waals surface area (Å²) in [6.07, 6.45) is 4.63. The number of carbonyl (C=O) groups is 5. The van der Waals surface area contributed by atoms with Crippen LogP contribution in [0.4, 0.5) is 14.7 Å². The second-order valence-corrected chi connectivity index (χ2v) is 25.0. The van der Waals surface area contributed by atoms with Gasteiger partial charge in [0.2, 0.25) is 17.7 Å². The number of likely N-dealkylation sites (tertiary alicyclic amines) is 1. The Morgan fingerprint density at radius 3 is 2.47 bits per heavy atom. The molecule has 1 saturated heterocycles. The number of carbonyl (C=O) groups excluding carboxylic acids is 5. The summed E-state index contributed by atoms with van der Waals surface area (Å²) in [5.41, 5.74) is 8.14. The molecule has 4 amide bonds. The number of β-amino-alcohol motifs (C(OH)–C–C–N with tert-alkyl or cyclic N) is 1. The normalized spacial score (nSPS) is 15.7. The van der Waals surface area contributed by atoms with Crippen LogP contribution in [0.5, 0.6) is 5.75 Å². The minimum Gasteiger partial charge on any atom is -0.491 e. The number of para-hydroxylation sites is 1. The number of aryl methyl sites for hydroxylation is 2. The van der Waals surface area contributed by atoms with E-state index in [1.165, 1.54) is 40.7 Å². The fourth-order valence-corrected chi connectivity index (χ4v) is 13.1. The minimum absolute atomic E-state index is 0.00752. The van der Waals surface area contributed by atoms with Crippen LogP contribution in [-0.4, -0.2) is 99.6 Å². The van der Waals surface area contributed by atoms with E-state index < -0.39 is 41.3 Å². The SMILES string of the molecule is COC(=O)c1nc(N2CCc3cccc(C(=O)Nc4nc5ccccc5s4)c3C2)sc1CCCOc1ccc(C#CCCCCCCC(=O)N[C@H](C(=O)N2C[C@H](O)C[C@H]2C(=O)N[C@@H](C)c2ccc(-c3scnc3C)cc2)C(C)(C)C)cc1F. The van der Waals surface area contributed by atoms with Gasteiger partial charge in [0.1, 0.15) is 12.1 Å². The minimum atomic E-state index is -0.911. The molecule has 434 valence electrons. The van der Waals surface area contributed by atoms with E-state index in [9.17, 15) is 29.1 Å². The lowest BCUT2D eigenvalue weighted by Gasteiger charge is -2.35. The molecule has 0 saturated carbocycles. The van der Waals surface area contributed by atoms with Crippen molar-refractivity contribution in [3.8, 4) is 28.0 Å². The maximum atomic E-state index is 15.2. The number of aromatic nitrogens is 3. The van der Waals surface area contributed by atoms with Gasteiger partial charge in [0, 0.05) is 54.9 Å².